The van der Waals surface area contributed by atoms with Gasteiger partial charge in [0.1, 0.15) is 0 Å². The average molecular weight is 237 g/mol. The predicted molar refractivity (Wildman–Crippen MR) is 66.7 cm³/mol. The number of nitrogens with one attached hydrogen (secondary N) is 1. The van der Waals surface area contributed by atoms with Crippen LogP contribution >= 0.6 is 0 Å². The summed E-state index contributed by atoms with van der Waals surface area (Å²) >= 11 is 0. The van der Waals surface area contributed by atoms with E-state index in [9.17, 15) is 4.39 Å². The highest BCUT2D eigenvalue weighted by Gasteiger charge is 2.36. The van der Waals surface area contributed by atoms with Crippen molar-refractivity contribution >= 4 is 0 Å². The maximum atomic E-state index is 13.5. The fourth-order valence-electron chi connectivity index (χ4n) is 1.86. The fourth-order valence-corrected chi connectivity index (χ4v) is 1.86. The molecule has 0 amide bonds. The summed E-state index contributed by atoms with van der Waals surface area (Å²) in [5.41, 5.74) is 1.44. The van der Waals surface area contributed by atoms with Gasteiger partial charge in [0.15, 0.2) is 11.6 Å². The Morgan fingerprint density at radius 2 is 2.18 bits per heavy atom. The largest absolute Gasteiger partial charge is 0.494 e. The molecule has 1 fully saturated rings. The van der Waals surface area contributed by atoms with E-state index in [-0.39, 0.29) is 11.9 Å². The summed E-state index contributed by atoms with van der Waals surface area (Å²) in [4.78, 5) is 0. The molecular weight excluding hydrogens is 217 g/mol. The van der Waals surface area contributed by atoms with Crippen molar-refractivity contribution in [3.8, 4) is 5.75 Å². The molecule has 94 valence electrons. The molecule has 2 nitrogen and oxygen atoms in total. The number of halogens is 1. The topological polar surface area (TPSA) is 21.3 Å². The summed E-state index contributed by atoms with van der Waals surface area (Å²) in [5.74, 6) is 0.00592. The fraction of sp³-hybridized carbons (Fsp3) is 0.571. The van der Waals surface area contributed by atoms with E-state index in [0.29, 0.717) is 11.2 Å². The molecule has 0 spiro atoms. The number of hydrogen-bond acceptors (Lipinski definition) is 2. The number of hydrogen-bond donors (Lipinski definition) is 1. The highest BCUT2D eigenvalue weighted by molar-refractivity contribution is 5.30. The average Bonchev–Trinajstić information content (AvgIpc) is 3.05. The number of methoxy groups -OCH3 is 1. The van der Waals surface area contributed by atoms with Crippen molar-refractivity contribution in [2.75, 3.05) is 13.7 Å². The molecule has 1 aliphatic rings. The van der Waals surface area contributed by atoms with Crippen LogP contribution in [0.3, 0.4) is 0 Å². The quantitative estimate of drug-likeness (QED) is 0.848. The number of benzene rings is 1. The van der Waals surface area contributed by atoms with E-state index in [1.165, 1.54) is 20.0 Å². The molecule has 1 N–H and O–H groups in total. The third-order valence-electron chi connectivity index (χ3n) is 3.61. The first-order chi connectivity index (χ1) is 8.04. The van der Waals surface area contributed by atoms with E-state index in [1.54, 1.807) is 12.1 Å². The molecule has 1 saturated carbocycles. The minimum absolute atomic E-state index is 0.174. The van der Waals surface area contributed by atoms with Gasteiger partial charge in [0, 0.05) is 12.6 Å². The van der Waals surface area contributed by atoms with E-state index in [2.05, 4.69) is 19.2 Å². The predicted octanol–water partition coefficient (Wildman–Crippen LogP) is 3.29. The molecule has 1 atom stereocenters. The monoisotopic (exact) mass is 237 g/mol. The summed E-state index contributed by atoms with van der Waals surface area (Å²) in [6.45, 7) is 5.34. The number of rotatable bonds is 5. The van der Waals surface area contributed by atoms with E-state index in [0.717, 1.165) is 12.1 Å². The molecular formula is C14H20FNO. The van der Waals surface area contributed by atoms with Gasteiger partial charge in [0.05, 0.1) is 7.11 Å². The van der Waals surface area contributed by atoms with Gasteiger partial charge in [-0.2, -0.15) is 0 Å². The second-order valence-electron chi connectivity index (χ2n) is 5.31. The lowest BCUT2D eigenvalue weighted by Crippen LogP contribution is -2.25. The van der Waals surface area contributed by atoms with Gasteiger partial charge in [-0.05, 0) is 42.9 Å². The van der Waals surface area contributed by atoms with Crippen molar-refractivity contribution < 1.29 is 9.13 Å². The third kappa shape index (κ3) is 2.97. The van der Waals surface area contributed by atoms with Gasteiger partial charge in [-0.25, -0.2) is 4.39 Å². The van der Waals surface area contributed by atoms with Gasteiger partial charge in [0.25, 0.3) is 0 Å². The molecule has 1 unspecified atom stereocenters. The van der Waals surface area contributed by atoms with Crippen LogP contribution < -0.4 is 10.1 Å². The molecule has 0 aromatic heterocycles. The van der Waals surface area contributed by atoms with Crippen LogP contribution in [0.2, 0.25) is 0 Å². The van der Waals surface area contributed by atoms with Crippen molar-refractivity contribution in [3.05, 3.63) is 29.6 Å². The highest BCUT2D eigenvalue weighted by atomic mass is 19.1. The Morgan fingerprint density at radius 3 is 2.71 bits per heavy atom. The van der Waals surface area contributed by atoms with Crippen LogP contribution in [0.4, 0.5) is 4.39 Å². The SMILES string of the molecule is COc1ccc(C(C)NCC2(C)CC2)cc1F. The standard InChI is InChI=1S/C14H20FNO/c1-10(16-9-14(2)6-7-14)11-4-5-13(17-3)12(15)8-11/h4-5,8,10,16H,6-7,9H2,1-3H3. The normalized spacial score (nSPS) is 18.8. The van der Waals surface area contributed by atoms with Crippen LogP contribution in [0, 0.1) is 11.2 Å². The molecule has 2 rings (SSSR count). The summed E-state index contributed by atoms with van der Waals surface area (Å²) in [6, 6.07) is 5.32. The second kappa shape index (κ2) is 4.65. The summed E-state index contributed by atoms with van der Waals surface area (Å²) in [7, 11) is 1.48. The summed E-state index contributed by atoms with van der Waals surface area (Å²) < 4.78 is 18.5. The van der Waals surface area contributed by atoms with E-state index < -0.39 is 0 Å². The lowest BCUT2D eigenvalue weighted by atomic mass is 10.1. The molecule has 1 aromatic carbocycles. The number of ether oxygens (including phenoxy) is 1. The van der Waals surface area contributed by atoms with E-state index in [4.69, 9.17) is 4.74 Å². The lowest BCUT2D eigenvalue weighted by molar-refractivity contribution is 0.385. The van der Waals surface area contributed by atoms with Gasteiger partial charge < -0.3 is 10.1 Å². The second-order valence-corrected chi connectivity index (χ2v) is 5.31. The Hall–Kier alpha value is -1.09. The van der Waals surface area contributed by atoms with E-state index >= 15 is 0 Å². The van der Waals surface area contributed by atoms with Crippen LogP contribution in [-0.2, 0) is 0 Å². The Labute approximate surface area is 102 Å². The van der Waals surface area contributed by atoms with Crippen LogP contribution in [0.1, 0.15) is 38.3 Å². The molecule has 0 bridgehead atoms. The summed E-state index contributed by atoms with van der Waals surface area (Å²) in [6.07, 6.45) is 2.59. The van der Waals surface area contributed by atoms with E-state index in [1.807, 2.05) is 6.07 Å². The zero-order valence-electron chi connectivity index (χ0n) is 10.7. The van der Waals surface area contributed by atoms with Crippen molar-refractivity contribution in [2.24, 2.45) is 5.41 Å². The third-order valence-corrected chi connectivity index (χ3v) is 3.61. The lowest BCUT2D eigenvalue weighted by Gasteiger charge is -2.17. The first kappa shape index (κ1) is 12.4. The molecule has 17 heavy (non-hydrogen) atoms. The van der Waals surface area contributed by atoms with Crippen molar-refractivity contribution in [1.82, 2.24) is 5.32 Å². The first-order valence-corrected chi connectivity index (χ1v) is 6.11. The van der Waals surface area contributed by atoms with Crippen molar-refractivity contribution in [2.45, 2.75) is 32.7 Å². The minimum Gasteiger partial charge on any atom is -0.494 e. The van der Waals surface area contributed by atoms with Gasteiger partial charge in [-0.3, -0.25) is 0 Å². The zero-order chi connectivity index (χ0) is 12.5. The maximum Gasteiger partial charge on any atom is 0.165 e. The maximum absolute atomic E-state index is 13.5. The van der Waals surface area contributed by atoms with Crippen LogP contribution in [0.5, 0.6) is 5.75 Å². The Bertz CT molecular complexity index is 401. The molecule has 3 heteroatoms. The van der Waals surface area contributed by atoms with Gasteiger partial charge in [-0.15, -0.1) is 0 Å². The van der Waals surface area contributed by atoms with Crippen molar-refractivity contribution in [3.63, 3.8) is 0 Å². The first-order valence-electron chi connectivity index (χ1n) is 6.11. The molecule has 0 aliphatic heterocycles. The minimum atomic E-state index is -0.295. The zero-order valence-corrected chi connectivity index (χ0v) is 10.7. The molecule has 0 radical (unpaired) electrons. The van der Waals surface area contributed by atoms with Gasteiger partial charge in [-0.1, -0.05) is 13.0 Å². The smallest absolute Gasteiger partial charge is 0.165 e. The van der Waals surface area contributed by atoms with Crippen LogP contribution in [0.25, 0.3) is 0 Å². The molecule has 0 heterocycles. The van der Waals surface area contributed by atoms with Crippen LogP contribution in [-0.4, -0.2) is 13.7 Å². The molecule has 0 saturated heterocycles. The Balaban J connectivity index is 1.98. The van der Waals surface area contributed by atoms with Crippen LogP contribution in [0.15, 0.2) is 18.2 Å². The molecule has 1 aliphatic carbocycles. The summed E-state index contributed by atoms with van der Waals surface area (Å²) in [5, 5.41) is 3.46. The van der Waals surface area contributed by atoms with Crippen molar-refractivity contribution in [1.29, 1.82) is 0 Å². The van der Waals surface area contributed by atoms with Gasteiger partial charge in [0.2, 0.25) is 0 Å². The molecule has 1 aromatic rings. The van der Waals surface area contributed by atoms with Gasteiger partial charge >= 0.3 is 0 Å². The Kier molecular flexibility index (Phi) is 3.38. The highest BCUT2D eigenvalue weighted by Crippen LogP contribution is 2.44. The Morgan fingerprint density at radius 1 is 1.47 bits per heavy atom.